The van der Waals surface area contributed by atoms with Gasteiger partial charge in [0, 0.05) is 6.42 Å². The minimum absolute atomic E-state index is 0.443. The number of anilines is 1. The number of benzene rings is 1. The predicted molar refractivity (Wildman–Crippen MR) is 69.8 cm³/mol. The van der Waals surface area contributed by atoms with Crippen LogP contribution in [-0.2, 0) is 15.8 Å². The molecule has 2 atom stereocenters. The van der Waals surface area contributed by atoms with Crippen LogP contribution in [0.4, 0.5) is 23.2 Å². The Bertz CT molecular complexity index is 594. The maximum absolute atomic E-state index is 13.5. The maximum Gasteiger partial charge on any atom is 0.416 e. The second-order valence-electron chi connectivity index (χ2n) is 4.53. The normalized spacial score (nSPS) is 14.1. The third-order valence-electron chi connectivity index (χ3n) is 2.78. The van der Waals surface area contributed by atoms with Crippen LogP contribution in [0.5, 0.6) is 0 Å². The van der Waals surface area contributed by atoms with Crippen molar-refractivity contribution < 1.29 is 37.4 Å². The van der Waals surface area contributed by atoms with E-state index >= 15 is 0 Å². The zero-order valence-electron chi connectivity index (χ0n) is 11.4. The van der Waals surface area contributed by atoms with E-state index < -0.39 is 53.7 Å². The van der Waals surface area contributed by atoms with Gasteiger partial charge in [0.25, 0.3) is 0 Å². The highest BCUT2D eigenvalue weighted by atomic mass is 19.4. The number of aliphatic carboxylic acids is 2. The standard InChI is InChI=1S/C12H13F4N3O4/c13-6-2-1-5(12(14,15)16)3-8(6)18-19-9(11(22)23)4-7(17)10(20)21/h1-3,7,9,18-19H,4,17H2,(H,20,21)(H,22,23)/t7-,9-/m0/s1. The molecule has 0 bridgehead atoms. The molecular weight excluding hydrogens is 326 g/mol. The van der Waals surface area contributed by atoms with Crippen LogP contribution >= 0.6 is 0 Å². The summed E-state index contributed by atoms with van der Waals surface area (Å²) in [6.45, 7) is 0. The number of carboxylic acid groups (broad SMARTS) is 2. The van der Waals surface area contributed by atoms with E-state index in [2.05, 4.69) is 0 Å². The highest BCUT2D eigenvalue weighted by Crippen LogP contribution is 2.31. The van der Waals surface area contributed by atoms with Gasteiger partial charge in [0.05, 0.1) is 11.3 Å². The zero-order chi connectivity index (χ0) is 17.8. The van der Waals surface area contributed by atoms with Gasteiger partial charge in [-0.25, -0.2) is 9.82 Å². The first-order valence-corrected chi connectivity index (χ1v) is 6.12. The van der Waals surface area contributed by atoms with Gasteiger partial charge in [-0.2, -0.15) is 13.2 Å². The number of hydrogen-bond acceptors (Lipinski definition) is 5. The van der Waals surface area contributed by atoms with Crippen LogP contribution in [0.3, 0.4) is 0 Å². The van der Waals surface area contributed by atoms with E-state index in [4.69, 9.17) is 15.9 Å². The third-order valence-corrected chi connectivity index (χ3v) is 2.78. The number of hydrazine groups is 1. The van der Waals surface area contributed by atoms with E-state index in [9.17, 15) is 27.2 Å². The molecule has 0 aliphatic heterocycles. The molecule has 23 heavy (non-hydrogen) atoms. The molecule has 7 nitrogen and oxygen atoms in total. The Hall–Kier alpha value is -2.40. The Balaban J connectivity index is 2.85. The van der Waals surface area contributed by atoms with E-state index in [1.54, 1.807) is 0 Å². The Labute approximate surface area is 127 Å². The third kappa shape index (κ3) is 5.38. The lowest BCUT2D eigenvalue weighted by atomic mass is 10.1. The van der Waals surface area contributed by atoms with Crippen molar-refractivity contribution >= 4 is 17.6 Å². The fourth-order valence-electron chi connectivity index (χ4n) is 1.54. The van der Waals surface area contributed by atoms with Crippen molar-refractivity contribution in [3.8, 4) is 0 Å². The van der Waals surface area contributed by atoms with Crippen molar-refractivity contribution in [3.63, 3.8) is 0 Å². The molecule has 0 saturated heterocycles. The van der Waals surface area contributed by atoms with Crippen LogP contribution < -0.4 is 16.6 Å². The van der Waals surface area contributed by atoms with Gasteiger partial charge < -0.3 is 21.4 Å². The number of carboxylic acids is 2. The van der Waals surface area contributed by atoms with Crippen LogP contribution in [0.1, 0.15) is 12.0 Å². The van der Waals surface area contributed by atoms with Crippen LogP contribution in [-0.4, -0.2) is 34.2 Å². The second kappa shape index (κ2) is 7.24. The van der Waals surface area contributed by atoms with Gasteiger partial charge in [-0.1, -0.05) is 0 Å². The van der Waals surface area contributed by atoms with Crippen molar-refractivity contribution in [1.82, 2.24) is 5.43 Å². The molecule has 0 aliphatic carbocycles. The SMILES string of the molecule is N[C@@H](C[C@H](NNc1cc(C(F)(F)F)ccc1F)C(=O)O)C(=O)O. The van der Waals surface area contributed by atoms with Gasteiger partial charge in [-0.3, -0.25) is 9.59 Å². The molecule has 0 unspecified atom stereocenters. The van der Waals surface area contributed by atoms with E-state index in [-0.39, 0.29) is 0 Å². The number of alkyl halides is 3. The molecule has 0 saturated carbocycles. The van der Waals surface area contributed by atoms with E-state index in [1.807, 2.05) is 10.9 Å². The molecule has 128 valence electrons. The summed E-state index contributed by atoms with van der Waals surface area (Å²) in [7, 11) is 0. The maximum atomic E-state index is 13.5. The lowest BCUT2D eigenvalue weighted by Crippen LogP contribution is -2.46. The molecule has 11 heteroatoms. The topological polar surface area (TPSA) is 125 Å². The Morgan fingerprint density at radius 2 is 1.83 bits per heavy atom. The molecular formula is C12H13F4N3O4. The van der Waals surface area contributed by atoms with Gasteiger partial charge in [-0.15, -0.1) is 0 Å². The Morgan fingerprint density at radius 3 is 2.30 bits per heavy atom. The van der Waals surface area contributed by atoms with Gasteiger partial charge >= 0.3 is 18.1 Å². The molecule has 1 aromatic carbocycles. The number of hydrogen-bond donors (Lipinski definition) is 5. The Kier molecular flexibility index (Phi) is 5.87. The Morgan fingerprint density at radius 1 is 1.22 bits per heavy atom. The summed E-state index contributed by atoms with van der Waals surface area (Å²) >= 11 is 0. The van der Waals surface area contributed by atoms with Crippen LogP contribution in [0.15, 0.2) is 18.2 Å². The molecule has 0 aliphatic rings. The summed E-state index contributed by atoms with van der Waals surface area (Å²) in [6, 6.07) is -1.55. The first-order valence-electron chi connectivity index (χ1n) is 6.12. The molecule has 1 rings (SSSR count). The second-order valence-corrected chi connectivity index (χ2v) is 4.53. The van der Waals surface area contributed by atoms with Crippen molar-refractivity contribution in [3.05, 3.63) is 29.6 Å². The van der Waals surface area contributed by atoms with Crippen molar-refractivity contribution in [2.45, 2.75) is 24.7 Å². The van der Waals surface area contributed by atoms with E-state index in [0.717, 1.165) is 0 Å². The van der Waals surface area contributed by atoms with Gasteiger partial charge in [0.1, 0.15) is 17.9 Å². The molecule has 0 fully saturated rings. The van der Waals surface area contributed by atoms with Crippen LogP contribution in [0, 0.1) is 5.82 Å². The molecule has 0 aromatic heterocycles. The molecule has 0 amide bonds. The van der Waals surface area contributed by atoms with Gasteiger partial charge in [0.2, 0.25) is 0 Å². The summed E-state index contributed by atoms with van der Waals surface area (Å²) in [5.41, 5.74) is 7.43. The highest BCUT2D eigenvalue weighted by molar-refractivity contribution is 5.77. The van der Waals surface area contributed by atoms with E-state index in [1.165, 1.54) is 0 Å². The molecule has 6 N–H and O–H groups in total. The zero-order valence-corrected chi connectivity index (χ0v) is 11.4. The summed E-state index contributed by atoms with van der Waals surface area (Å²) in [4.78, 5) is 21.6. The number of nitrogens with one attached hydrogen (secondary N) is 2. The average molecular weight is 339 g/mol. The van der Waals surface area contributed by atoms with Crippen LogP contribution in [0.25, 0.3) is 0 Å². The first kappa shape index (κ1) is 18.6. The monoisotopic (exact) mass is 339 g/mol. The summed E-state index contributed by atoms with van der Waals surface area (Å²) in [5.74, 6) is -4.03. The average Bonchev–Trinajstić information content (AvgIpc) is 2.42. The molecule has 1 aromatic rings. The number of carbonyl (C=O) groups is 2. The van der Waals surface area contributed by atoms with Gasteiger partial charge in [0.15, 0.2) is 0 Å². The van der Waals surface area contributed by atoms with Gasteiger partial charge in [-0.05, 0) is 18.2 Å². The smallest absolute Gasteiger partial charge is 0.416 e. The lowest BCUT2D eigenvalue weighted by Gasteiger charge is -2.19. The predicted octanol–water partition coefficient (Wildman–Crippen LogP) is 1.02. The lowest BCUT2D eigenvalue weighted by molar-refractivity contribution is -0.141. The minimum atomic E-state index is -4.71. The van der Waals surface area contributed by atoms with Crippen LogP contribution in [0.2, 0.25) is 0 Å². The minimum Gasteiger partial charge on any atom is -0.480 e. The molecule has 0 radical (unpaired) electrons. The number of rotatable bonds is 7. The summed E-state index contributed by atoms with van der Waals surface area (Å²) < 4.78 is 51.1. The molecule has 0 spiro atoms. The number of nitrogens with two attached hydrogens (primary N) is 1. The highest BCUT2D eigenvalue weighted by Gasteiger charge is 2.31. The van der Waals surface area contributed by atoms with Crippen molar-refractivity contribution in [2.75, 3.05) is 5.43 Å². The van der Waals surface area contributed by atoms with Crippen molar-refractivity contribution in [2.24, 2.45) is 5.73 Å². The molecule has 0 heterocycles. The largest absolute Gasteiger partial charge is 0.480 e. The number of halogens is 4. The summed E-state index contributed by atoms with van der Waals surface area (Å²) in [5, 5.41) is 17.5. The fraction of sp³-hybridized carbons (Fsp3) is 0.333. The summed E-state index contributed by atoms with van der Waals surface area (Å²) in [6.07, 6.45) is -5.28. The fourth-order valence-corrected chi connectivity index (χ4v) is 1.54. The van der Waals surface area contributed by atoms with E-state index in [0.29, 0.717) is 18.2 Å². The van der Waals surface area contributed by atoms with Crippen molar-refractivity contribution in [1.29, 1.82) is 0 Å². The quantitative estimate of drug-likeness (QED) is 0.371. The first-order chi connectivity index (χ1) is 10.5.